The Labute approximate surface area is 69.1 Å². The smallest absolute Gasteiger partial charge is 0.319 e. The molecular formula is C7H8N2O3. The Morgan fingerprint density at radius 3 is 3.17 bits per heavy atom. The third-order valence-corrected chi connectivity index (χ3v) is 1.22. The Bertz CT molecular complexity index is 253. The van der Waals surface area contributed by atoms with Crippen LogP contribution in [0.15, 0.2) is 18.0 Å². The van der Waals surface area contributed by atoms with Gasteiger partial charge < -0.3 is 15.4 Å². The third kappa shape index (κ3) is 2.48. The van der Waals surface area contributed by atoms with Gasteiger partial charge in [-0.2, -0.15) is 0 Å². The van der Waals surface area contributed by atoms with E-state index < -0.39 is 0 Å². The number of hydrogen-bond acceptors (Lipinski definition) is 3. The van der Waals surface area contributed by atoms with Crippen molar-refractivity contribution in [2.24, 2.45) is 0 Å². The van der Waals surface area contributed by atoms with E-state index in [-0.39, 0.29) is 12.6 Å². The molecule has 0 bridgehead atoms. The van der Waals surface area contributed by atoms with E-state index in [1.54, 1.807) is 5.94 Å². The van der Waals surface area contributed by atoms with Crippen LogP contribution < -0.4 is 10.6 Å². The van der Waals surface area contributed by atoms with Crippen LogP contribution >= 0.6 is 0 Å². The first kappa shape index (κ1) is 8.36. The molecule has 5 nitrogen and oxygen atoms in total. The van der Waals surface area contributed by atoms with Crippen LogP contribution in [0, 0.1) is 0 Å². The molecule has 1 aliphatic heterocycles. The van der Waals surface area contributed by atoms with Gasteiger partial charge in [0.25, 0.3) is 0 Å². The van der Waals surface area contributed by atoms with E-state index in [9.17, 15) is 9.59 Å². The van der Waals surface area contributed by atoms with Gasteiger partial charge in [0.1, 0.15) is 18.3 Å². The average molecular weight is 168 g/mol. The molecule has 0 aromatic heterocycles. The van der Waals surface area contributed by atoms with Gasteiger partial charge in [-0.25, -0.2) is 9.59 Å². The Morgan fingerprint density at radius 1 is 1.75 bits per heavy atom. The minimum atomic E-state index is -0.256. The van der Waals surface area contributed by atoms with Gasteiger partial charge in [0.15, 0.2) is 0 Å². The molecule has 5 heteroatoms. The van der Waals surface area contributed by atoms with Gasteiger partial charge in [0, 0.05) is 12.3 Å². The molecular weight excluding hydrogens is 160 g/mol. The van der Waals surface area contributed by atoms with Gasteiger partial charge in [-0.1, -0.05) is 0 Å². The lowest BCUT2D eigenvalue weighted by atomic mass is 10.4. The minimum Gasteiger partial charge on any atom is -0.490 e. The highest BCUT2D eigenvalue weighted by molar-refractivity contribution is 5.76. The van der Waals surface area contributed by atoms with E-state index in [1.165, 1.54) is 12.3 Å². The van der Waals surface area contributed by atoms with Crippen LogP contribution in [0.4, 0.5) is 4.79 Å². The second kappa shape index (κ2) is 4.20. The normalized spacial score (nSPS) is 15.0. The van der Waals surface area contributed by atoms with Crippen LogP contribution in [-0.2, 0) is 9.53 Å². The molecule has 0 fully saturated rings. The van der Waals surface area contributed by atoms with Gasteiger partial charge in [-0.05, 0) is 0 Å². The minimum absolute atomic E-state index is 0.173. The summed E-state index contributed by atoms with van der Waals surface area (Å²) in [5.41, 5.74) is 0. The van der Waals surface area contributed by atoms with E-state index in [0.717, 1.165) is 0 Å². The molecule has 0 spiro atoms. The lowest BCUT2D eigenvalue weighted by molar-refractivity contribution is 0.217. The lowest BCUT2D eigenvalue weighted by Crippen LogP contribution is -2.38. The topological polar surface area (TPSA) is 67.4 Å². The van der Waals surface area contributed by atoms with Crippen molar-refractivity contribution in [3.8, 4) is 0 Å². The molecule has 1 heterocycles. The van der Waals surface area contributed by atoms with Crippen LogP contribution in [0.3, 0.4) is 0 Å². The fourth-order valence-electron chi connectivity index (χ4n) is 0.691. The maximum atomic E-state index is 10.5. The van der Waals surface area contributed by atoms with Crippen molar-refractivity contribution in [1.29, 1.82) is 0 Å². The molecule has 0 unspecified atom stereocenters. The predicted molar refractivity (Wildman–Crippen MR) is 40.8 cm³/mol. The number of carbonyl (C=O) groups is 1. The summed E-state index contributed by atoms with van der Waals surface area (Å²) < 4.78 is 5.04. The molecule has 0 saturated heterocycles. The van der Waals surface area contributed by atoms with Crippen molar-refractivity contribution in [2.45, 2.75) is 0 Å². The monoisotopic (exact) mass is 168 g/mol. The van der Waals surface area contributed by atoms with Crippen molar-refractivity contribution in [3.63, 3.8) is 0 Å². The first-order valence-electron chi connectivity index (χ1n) is 3.38. The maximum Gasteiger partial charge on any atom is 0.319 e. The van der Waals surface area contributed by atoms with Crippen LogP contribution in [0.2, 0.25) is 0 Å². The van der Waals surface area contributed by atoms with Crippen LogP contribution in [0.25, 0.3) is 0 Å². The molecule has 2 amide bonds. The molecule has 0 radical (unpaired) electrons. The lowest BCUT2D eigenvalue weighted by Gasteiger charge is -2.14. The number of ether oxygens (including phenoxy) is 1. The largest absolute Gasteiger partial charge is 0.490 e. The van der Waals surface area contributed by atoms with E-state index in [1.807, 2.05) is 0 Å². The van der Waals surface area contributed by atoms with Gasteiger partial charge in [0.05, 0.1) is 6.54 Å². The standard InChI is InChI=1S/C7H8N2O3/c10-2-1-3-12-6-4-8-7(11)9-5-6/h1,4H,3,5H2,(H2,8,9,11). The zero-order valence-electron chi connectivity index (χ0n) is 6.29. The molecule has 64 valence electrons. The highest BCUT2D eigenvalue weighted by Crippen LogP contribution is 1.96. The molecule has 2 N–H and O–H groups in total. The summed E-state index contributed by atoms with van der Waals surface area (Å²) in [5, 5.41) is 4.91. The number of hydrogen-bond donors (Lipinski definition) is 2. The summed E-state index contributed by atoms with van der Waals surface area (Å²) in [4.78, 5) is 20.3. The zero-order chi connectivity index (χ0) is 8.81. The summed E-state index contributed by atoms with van der Waals surface area (Å²) in [7, 11) is 0. The SMILES string of the molecule is O=C=CCOC1=CNC(=O)NC1. The number of nitrogens with one attached hydrogen (secondary N) is 2. The van der Waals surface area contributed by atoms with Crippen molar-refractivity contribution in [1.82, 2.24) is 10.6 Å². The predicted octanol–water partition coefficient (Wildman–Crippen LogP) is -0.455. The molecule has 1 rings (SSSR count). The Morgan fingerprint density at radius 2 is 2.58 bits per heavy atom. The van der Waals surface area contributed by atoms with Gasteiger partial charge in [-0.3, -0.25) is 0 Å². The summed E-state index contributed by atoms with van der Waals surface area (Å²) in [6.07, 6.45) is 2.68. The van der Waals surface area contributed by atoms with Crippen molar-refractivity contribution in [3.05, 3.63) is 18.0 Å². The van der Waals surface area contributed by atoms with Gasteiger partial charge in [0.2, 0.25) is 0 Å². The summed E-state index contributed by atoms with van der Waals surface area (Å²) in [5.74, 6) is 2.17. The van der Waals surface area contributed by atoms with E-state index in [2.05, 4.69) is 10.6 Å². The van der Waals surface area contributed by atoms with Crippen molar-refractivity contribution < 1.29 is 14.3 Å². The number of urea groups is 1. The summed E-state index contributed by atoms with van der Waals surface area (Å²) in [6.45, 7) is 0.519. The number of rotatable bonds is 3. The van der Waals surface area contributed by atoms with Crippen LogP contribution in [0.5, 0.6) is 0 Å². The Hall–Kier alpha value is -1.74. The van der Waals surface area contributed by atoms with E-state index in [0.29, 0.717) is 12.3 Å². The fourth-order valence-corrected chi connectivity index (χ4v) is 0.691. The highest BCUT2D eigenvalue weighted by Gasteiger charge is 2.07. The quantitative estimate of drug-likeness (QED) is 0.560. The third-order valence-electron chi connectivity index (χ3n) is 1.22. The zero-order valence-corrected chi connectivity index (χ0v) is 6.29. The molecule has 0 aromatic rings. The van der Waals surface area contributed by atoms with Gasteiger partial charge >= 0.3 is 6.03 Å². The van der Waals surface area contributed by atoms with Gasteiger partial charge in [-0.15, -0.1) is 0 Å². The summed E-state index contributed by atoms with van der Waals surface area (Å²) in [6, 6.07) is -0.256. The second-order valence-electron chi connectivity index (χ2n) is 2.07. The average Bonchev–Trinajstić information content (AvgIpc) is 2.09. The van der Waals surface area contributed by atoms with E-state index >= 15 is 0 Å². The van der Waals surface area contributed by atoms with E-state index in [4.69, 9.17) is 4.74 Å². The molecule has 0 atom stereocenters. The molecule has 0 aromatic carbocycles. The molecule has 0 aliphatic carbocycles. The van der Waals surface area contributed by atoms with Crippen LogP contribution in [-0.4, -0.2) is 25.1 Å². The first-order chi connectivity index (χ1) is 5.83. The highest BCUT2D eigenvalue weighted by atomic mass is 16.5. The number of amides is 2. The molecule has 1 aliphatic rings. The Kier molecular flexibility index (Phi) is 2.93. The fraction of sp³-hybridized carbons (Fsp3) is 0.286. The first-order valence-corrected chi connectivity index (χ1v) is 3.38. The van der Waals surface area contributed by atoms with Crippen molar-refractivity contribution >= 4 is 12.0 Å². The van der Waals surface area contributed by atoms with Crippen molar-refractivity contribution in [2.75, 3.05) is 13.2 Å². The second-order valence-corrected chi connectivity index (χ2v) is 2.07. The summed E-state index contributed by atoms with van der Waals surface area (Å²) >= 11 is 0. The molecule has 12 heavy (non-hydrogen) atoms. The Balaban J connectivity index is 2.33. The number of carbonyl (C=O) groups excluding carboxylic acids is 2. The maximum absolute atomic E-state index is 10.5. The van der Waals surface area contributed by atoms with Crippen LogP contribution in [0.1, 0.15) is 0 Å². The molecule has 0 saturated carbocycles.